The van der Waals surface area contributed by atoms with Gasteiger partial charge in [-0.25, -0.2) is 9.59 Å². The van der Waals surface area contributed by atoms with Crippen molar-refractivity contribution in [3.8, 4) is 0 Å². The van der Waals surface area contributed by atoms with E-state index in [1.165, 1.54) is 6.26 Å². The van der Waals surface area contributed by atoms with Crippen LogP contribution in [0.4, 0.5) is 4.79 Å². The standard InChI is InChI=1S/C13H25NO4Si/c1-13(2,3)18-12(16)14-10-11(15)17-8-7-9-19(4,5)6/h7-8H,9-10H2,1-6H3,(H,14,16)/b8-7+. The molecule has 0 aliphatic heterocycles. The van der Waals surface area contributed by atoms with Gasteiger partial charge < -0.3 is 14.8 Å². The minimum atomic E-state index is -1.16. The number of hydrogen-bond donors (Lipinski definition) is 1. The molecule has 0 aromatic carbocycles. The number of nitrogens with one attached hydrogen (secondary N) is 1. The summed E-state index contributed by atoms with van der Waals surface area (Å²) in [6.07, 6.45) is 2.60. The molecule has 19 heavy (non-hydrogen) atoms. The van der Waals surface area contributed by atoms with Crippen molar-refractivity contribution in [1.29, 1.82) is 0 Å². The highest BCUT2D eigenvalue weighted by molar-refractivity contribution is 6.76. The van der Waals surface area contributed by atoms with E-state index in [1.807, 2.05) is 6.08 Å². The van der Waals surface area contributed by atoms with Crippen LogP contribution in [0.3, 0.4) is 0 Å². The van der Waals surface area contributed by atoms with Gasteiger partial charge in [0.2, 0.25) is 0 Å². The first-order valence-electron chi connectivity index (χ1n) is 6.31. The van der Waals surface area contributed by atoms with E-state index in [-0.39, 0.29) is 6.54 Å². The molecule has 0 atom stereocenters. The number of rotatable bonds is 5. The molecular formula is C13H25NO4Si. The Morgan fingerprint density at radius 2 is 1.79 bits per heavy atom. The number of hydrogen-bond acceptors (Lipinski definition) is 4. The van der Waals surface area contributed by atoms with E-state index in [4.69, 9.17) is 9.47 Å². The largest absolute Gasteiger partial charge is 0.444 e. The van der Waals surface area contributed by atoms with Crippen LogP contribution in [0.25, 0.3) is 0 Å². The maximum Gasteiger partial charge on any atom is 0.408 e. The van der Waals surface area contributed by atoms with Gasteiger partial charge in [-0.05, 0) is 26.8 Å². The van der Waals surface area contributed by atoms with Crippen molar-refractivity contribution in [1.82, 2.24) is 5.32 Å². The van der Waals surface area contributed by atoms with E-state index in [0.29, 0.717) is 0 Å². The van der Waals surface area contributed by atoms with Gasteiger partial charge in [-0.2, -0.15) is 0 Å². The Morgan fingerprint density at radius 3 is 2.26 bits per heavy atom. The molecule has 0 aliphatic carbocycles. The zero-order valence-corrected chi connectivity index (χ0v) is 13.7. The number of amides is 1. The predicted molar refractivity (Wildman–Crippen MR) is 77.6 cm³/mol. The number of ether oxygens (including phenoxy) is 2. The minimum absolute atomic E-state index is 0.202. The topological polar surface area (TPSA) is 64.6 Å². The molecule has 0 aromatic heterocycles. The molecule has 6 heteroatoms. The van der Waals surface area contributed by atoms with Crippen LogP contribution in [0.15, 0.2) is 12.3 Å². The Labute approximate surface area is 116 Å². The number of esters is 1. The lowest BCUT2D eigenvalue weighted by molar-refractivity contribution is -0.137. The Morgan fingerprint density at radius 1 is 1.21 bits per heavy atom. The van der Waals surface area contributed by atoms with Gasteiger partial charge in [0.1, 0.15) is 12.1 Å². The lowest BCUT2D eigenvalue weighted by Crippen LogP contribution is -2.35. The molecule has 0 radical (unpaired) electrons. The Bertz CT molecular complexity index is 340. The molecule has 0 unspecified atom stereocenters. The predicted octanol–water partition coefficient (Wildman–Crippen LogP) is 2.91. The summed E-state index contributed by atoms with van der Waals surface area (Å²) in [6, 6.07) is 0.944. The second kappa shape index (κ2) is 7.33. The normalized spacial score (nSPS) is 12.3. The van der Waals surface area contributed by atoms with Crippen LogP contribution in [-0.4, -0.2) is 32.3 Å². The van der Waals surface area contributed by atoms with Crippen molar-refractivity contribution < 1.29 is 19.1 Å². The molecule has 0 heterocycles. The van der Waals surface area contributed by atoms with Crippen molar-refractivity contribution in [2.45, 2.75) is 52.1 Å². The quantitative estimate of drug-likeness (QED) is 0.480. The zero-order chi connectivity index (χ0) is 15.1. The Hall–Kier alpha value is -1.30. The third-order valence-electron chi connectivity index (χ3n) is 1.80. The lowest BCUT2D eigenvalue weighted by Gasteiger charge is -2.19. The molecule has 0 saturated heterocycles. The third kappa shape index (κ3) is 12.9. The summed E-state index contributed by atoms with van der Waals surface area (Å²) in [4.78, 5) is 22.6. The summed E-state index contributed by atoms with van der Waals surface area (Å²) < 4.78 is 9.84. The van der Waals surface area contributed by atoms with Crippen LogP contribution in [0.5, 0.6) is 0 Å². The third-order valence-corrected chi connectivity index (χ3v) is 3.26. The summed E-state index contributed by atoms with van der Waals surface area (Å²) in [5.41, 5.74) is -0.578. The summed E-state index contributed by atoms with van der Waals surface area (Å²) in [7, 11) is -1.16. The van der Waals surface area contributed by atoms with E-state index >= 15 is 0 Å². The average molecular weight is 287 g/mol. The summed E-state index contributed by atoms with van der Waals surface area (Å²) in [5.74, 6) is -0.516. The maximum absolute atomic E-state index is 11.3. The van der Waals surface area contributed by atoms with Crippen LogP contribution in [-0.2, 0) is 14.3 Å². The molecule has 5 nitrogen and oxygen atoms in total. The number of alkyl carbamates (subject to hydrolysis) is 1. The second-order valence-electron chi connectivity index (χ2n) is 6.48. The van der Waals surface area contributed by atoms with Gasteiger partial charge in [0.15, 0.2) is 0 Å². The first-order valence-corrected chi connectivity index (χ1v) is 10.0. The van der Waals surface area contributed by atoms with Gasteiger partial charge in [-0.15, -0.1) is 0 Å². The van der Waals surface area contributed by atoms with E-state index in [2.05, 4.69) is 25.0 Å². The molecule has 0 fully saturated rings. The van der Waals surface area contributed by atoms with Crippen LogP contribution in [0.2, 0.25) is 25.7 Å². The van der Waals surface area contributed by atoms with Gasteiger partial charge >= 0.3 is 12.1 Å². The van der Waals surface area contributed by atoms with E-state index in [1.54, 1.807) is 20.8 Å². The number of carbonyl (C=O) groups excluding carboxylic acids is 2. The smallest absolute Gasteiger partial charge is 0.408 e. The van der Waals surface area contributed by atoms with Gasteiger partial charge in [0, 0.05) is 8.07 Å². The highest BCUT2D eigenvalue weighted by atomic mass is 28.3. The number of allylic oxidation sites excluding steroid dienone is 1. The van der Waals surface area contributed by atoms with E-state index in [9.17, 15) is 9.59 Å². The fourth-order valence-corrected chi connectivity index (χ4v) is 1.83. The van der Waals surface area contributed by atoms with Crippen molar-refractivity contribution in [2.75, 3.05) is 6.54 Å². The van der Waals surface area contributed by atoms with Gasteiger partial charge in [0.25, 0.3) is 0 Å². The molecule has 0 rings (SSSR count). The Kier molecular flexibility index (Phi) is 6.82. The first-order chi connectivity index (χ1) is 8.49. The highest BCUT2D eigenvalue weighted by Gasteiger charge is 2.16. The molecule has 0 bridgehead atoms. The van der Waals surface area contributed by atoms with Gasteiger partial charge in [0.05, 0.1) is 6.26 Å². The Balaban J connectivity index is 3.85. The summed E-state index contributed by atoms with van der Waals surface area (Å²) >= 11 is 0. The second-order valence-corrected chi connectivity index (χ2v) is 12.0. The summed E-state index contributed by atoms with van der Waals surface area (Å²) in [6.45, 7) is 11.7. The molecule has 1 N–H and O–H groups in total. The zero-order valence-electron chi connectivity index (χ0n) is 12.7. The van der Waals surface area contributed by atoms with Crippen molar-refractivity contribution >= 4 is 20.1 Å². The van der Waals surface area contributed by atoms with E-state index in [0.717, 1.165) is 6.04 Å². The molecule has 0 aromatic rings. The van der Waals surface area contributed by atoms with E-state index < -0.39 is 25.7 Å². The monoisotopic (exact) mass is 287 g/mol. The molecule has 0 saturated carbocycles. The molecule has 110 valence electrons. The van der Waals surface area contributed by atoms with Crippen molar-refractivity contribution in [2.24, 2.45) is 0 Å². The lowest BCUT2D eigenvalue weighted by atomic mass is 10.2. The highest BCUT2D eigenvalue weighted by Crippen LogP contribution is 2.08. The fourth-order valence-electron chi connectivity index (χ4n) is 1.03. The SMILES string of the molecule is CC(C)(C)OC(=O)NCC(=O)O/C=C/C[Si](C)(C)C. The molecule has 0 spiro atoms. The van der Waals surface area contributed by atoms with Crippen molar-refractivity contribution in [3.63, 3.8) is 0 Å². The van der Waals surface area contributed by atoms with Crippen LogP contribution < -0.4 is 5.32 Å². The van der Waals surface area contributed by atoms with Crippen LogP contribution in [0.1, 0.15) is 20.8 Å². The average Bonchev–Trinajstić information content (AvgIpc) is 2.17. The van der Waals surface area contributed by atoms with Crippen molar-refractivity contribution in [3.05, 3.63) is 12.3 Å². The fraction of sp³-hybridized carbons (Fsp3) is 0.692. The first kappa shape index (κ1) is 17.7. The molecule has 1 amide bonds. The number of carbonyl (C=O) groups is 2. The maximum atomic E-state index is 11.3. The van der Waals surface area contributed by atoms with Gasteiger partial charge in [-0.3, -0.25) is 0 Å². The summed E-state index contributed by atoms with van der Waals surface area (Å²) in [5, 5.41) is 2.34. The molecular weight excluding hydrogens is 262 g/mol. The van der Waals surface area contributed by atoms with Crippen LogP contribution >= 0.6 is 0 Å². The minimum Gasteiger partial charge on any atom is -0.444 e. The van der Waals surface area contributed by atoms with Gasteiger partial charge in [-0.1, -0.05) is 25.7 Å². The molecule has 0 aliphatic rings. The van der Waals surface area contributed by atoms with Crippen LogP contribution in [0, 0.1) is 0 Å².